The number of hydrogen-bond donors (Lipinski definition) is 6. The molecule has 2 saturated heterocycles. The predicted octanol–water partition coefficient (Wildman–Crippen LogP) is 3.57. The molecule has 4 aromatic rings. The number of hydrogen-bond acceptors (Lipinski definition) is 18. The Morgan fingerprint density at radius 2 is 0.854 bits per heavy atom. The molecule has 6 rings (SSSR count). The molecule has 4 heterocycles. The summed E-state index contributed by atoms with van der Waals surface area (Å²) in [7, 11) is 0. The molecule has 6 amide bonds. The number of nitrogens with one attached hydrogen (secondary N) is 4. The Hall–Kier alpha value is -5.80. The van der Waals surface area contributed by atoms with Gasteiger partial charge in [0.15, 0.2) is 0 Å². The van der Waals surface area contributed by atoms with Crippen molar-refractivity contribution in [2.45, 2.75) is 118 Å². The molecule has 2 aliphatic heterocycles. The number of likely N-dealkylation sites (tertiary alicyclic amines) is 2. The van der Waals surface area contributed by atoms with Gasteiger partial charge < -0.3 is 69.7 Å². The van der Waals surface area contributed by atoms with Gasteiger partial charge in [-0.15, -0.1) is 22.7 Å². The van der Waals surface area contributed by atoms with Gasteiger partial charge in [0, 0.05) is 39.0 Å². The SMILES string of the molecule is Cc1ncsc1-c1ccc(CNC(=O)C2CC(O)CN2C(=O)C(NC(=O)COCCOCCOCCOCCOCCOCC(=O)NC(C(=O)N2CC(O)CC2C(=O)NCc2ccc(-c3scnc3C)cc2)C(C)(C)C)C(C)(C)C)cc1. The van der Waals surface area contributed by atoms with E-state index in [0.717, 1.165) is 43.4 Å². The van der Waals surface area contributed by atoms with Crippen LogP contribution in [0.3, 0.4) is 0 Å². The van der Waals surface area contributed by atoms with Crippen molar-refractivity contribution in [1.29, 1.82) is 0 Å². The quantitative estimate of drug-likeness (QED) is 0.0393. The van der Waals surface area contributed by atoms with E-state index >= 15 is 0 Å². The number of ether oxygens (including phenoxy) is 6. The number of aryl methyl sites for hydroxylation is 2. The Balaban J connectivity index is 0.763. The Morgan fingerprint density at radius 3 is 1.15 bits per heavy atom. The summed E-state index contributed by atoms with van der Waals surface area (Å²) in [6.07, 6.45) is -1.62. The van der Waals surface area contributed by atoms with Crippen LogP contribution in [0, 0.1) is 24.7 Å². The number of nitrogens with zero attached hydrogens (tertiary/aromatic N) is 4. The maximum atomic E-state index is 13.9. The van der Waals surface area contributed by atoms with Crippen LogP contribution in [-0.4, -0.2) is 194 Å². The highest BCUT2D eigenvalue weighted by atomic mass is 32.1. The molecule has 0 radical (unpaired) electrons. The number of benzene rings is 2. The summed E-state index contributed by atoms with van der Waals surface area (Å²) < 4.78 is 33.2. The minimum atomic E-state index is -0.988. The summed E-state index contributed by atoms with van der Waals surface area (Å²) in [5.74, 6) is -2.72. The summed E-state index contributed by atoms with van der Waals surface area (Å²) in [6, 6.07) is 11.9. The molecule has 0 spiro atoms. The lowest BCUT2D eigenvalue weighted by molar-refractivity contribution is -0.144. The van der Waals surface area contributed by atoms with Crippen LogP contribution in [0.5, 0.6) is 0 Å². The molecule has 82 heavy (non-hydrogen) atoms. The van der Waals surface area contributed by atoms with E-state index in [9.17, 15) is 39.0 Å². The molecule has 24 heteroatoms. The van der Waals surface area contributed by atoms with E-state index in [4.69, 9.17) is 28.4 Å². The van der Waals surface area contributed by atoms with Gasteiger partial charge in [-0.3, -0.25) is 28.8 Å². The van der Waals surface area contributed by atoms with Gasteiger partial charge in [-0.2, -0.15) is 0 Å². The second-order valence-electron chi connectivity index (χ2n) is 22.4. The third kappa shape index (κ3) is 19.9. The van der Waals surface area contributed by atoms with E-state index in [2.05, 4.69) is 31.2 Å². The molecule has 2 fully saturated rings. The third-order valence-corrected chi connectivity index (χ3v) is 15.7. The number of carbonyl (C=O) groups excluding carboxylic acids is 6. The number of aliphatic hydroxyl groups is 2. The Kier molecular flexibility index (Phi) is 25.3. The summed E-state index contributed by atoms with van der Waals surface area (Å²) in [5.41, 5.74) is 7.90. The Bertz CT molecular complexity index is 2510. The maximum Gasteiger partial charge on any atom is 0.246 e. The van der Waals surface area contributed by atoms with Gasteiger partial charge in [-0.1, -0.05) is 90.1 Å². The smallest absolute Gasteiger partial charge is 0.246 e. The standard InChI is InChI=1S/C58H82N8O14S2/c1-37-49(81-35-61-37)41-13-9-39(10-14-41)29-59-53(71)45-27-43(67)31-65(45)55(73)51(57(3,4)5)63-47(69)33-79-25-23-77-21-19-75-17-18-76-20-22-78-24-26-80-34-48(70)64-52(58(6,7)8)56(74)66-32-44(68)28-46(66)54(72)60-30-40-11-15-42(16-12-40)50-38(2)62-36-82-50/h9-16,35-36,43-46,51-52,67-68H,17-34H2,1-8H3,(H,59,71)(H,60,72)(H,63,69)(H,64,70). The molecular formula is C58H82N8O14S2. The first-order valence-electron chi connectivity index (χ1n) is 27.7. The van der Waals surface area contributed by atoms with Crippen molar-refractivity contribution in [2.75, 3.05) is 92.4 Å². The summed E-state index contributed by atoms with van der Waals surface area (Å²) in [6.45, 7) is 17.1. The summed E-state index contributed by atoms with van der Waals surface area (Å²) in [4.78, 5) is 94.2. The number of β-amino-alcohol motifs (C(OH)–C–C–N with tert-alkyl or cyclic N) is 2. The van der Waals surface area contributed by atoms with Gasteiger partial charge in [0.2, 0.25) is 35.4 Å². The second kappa shape index (κ2) is 31.7. The molecule has 2 aliphatic rings. The number of rotatable bonds is 31. The number of aliphatic hydroxyl groups excluding tert-OH is 2. The fourth-order valence-corrected chi connectivity index (χ4v) is 10.9. The van der Waals surface area contributed by atoms with Crippen LogP contribution >= 0.6 is 22.7 Å². The molecule has 6 atom stereocenters. The van der Waals surface area contributed by atoms with Crippen molar-refractivity contribution in [2.24, 2.45) is 10.8 Å². The maximum absolute atomic E-state index is 13.9. The van der Waals surface area contributed by atoms with Crippen molar-refractivity contribution in [3.63, 3.8) is 0 Å². The zero-order valence-corrected chi connectivity index (χ0v) is 50.0. The first-order valence-corrected chi connectivity index (χ1v) is 29.4. The zero-order chi connectivity index (χ0) is 59.4. The molecule has 22 nitrogen and oxygen atoms in total. The molecule has 450 valence electrons. The fourth-order valence-electron chi connectivity index (χ4n) is 9.29. The van der Waals surface area contributed by atoms with Crippen molar-refractivity contribution in [3.8, 4) is 20.9 Å². The van der Waals surface area contributed by atoms with Crippen molar-refractivity contribution in [3.05, 3.63) is 82.1 Å². The van der Waals surface area contributed by atoms with E-state index in [-0.39, 0.29) is 104 Å². The number of aromatic nitrogens is 2. The molecule has 0 saturated carbocycles. The van der Waals surface area contributed by atoms with E-state index < -0.39 is 70.8 Å². The Labute approximate surface area is 488 Å². The van der Waals surface area contributed by atoms with Crippen LogP contribution < -0.4 is 21.3 Å². The van der Waals surface area contributed by atoms with Gasteiger partial charge in [-0.25, -0.2) is 9.97 Å². The van der Waals surface area contributed by atoms with E-state index in [1.54, 1.807) is 33.7 Å². The van der Waals surface area contributed by atoms with E-state index in [1.807, 2.05) is 104 Å². The lowest BCUT2D eigenvalue weighted by Gasteiger charge is -2.35. The minimum absolute atomic E-state index is 0.0349. The normalized spacial score (nSPS) is 18.1. The fraction of sp³-hybridized carbons (Fsp3) is 0.586. The molecule has 0 aliphatic carbocycles. The van der Waals surface area contributed by atoms with Gasteiger partial charge in [0.05, 0.1) is 110 Å². The molecule has 0 bridgehead atoms. The largest absolute Gasteiger partial charge is 0.391 e. The van der Waals surface area contributed by atoms with Gasteiger partial charge in [-0.05, 0) is 46.9 Å². The molecule has 2 aromatic carbocycles. The van der Waals surface area contributed by atoms with Crippen molar-refractivity contribution < 1.29 is 67.4 Å². The lowest BCUT2D eigenvalue weighted by Crippen LogP contribution is -2.58. The number of carbonyl (C=O) groups is 6. The summed E-state index contributed by atoms with van der Waals surface area (Å²) in [5, 5.41) is 32.5. The van der Waals surface area contributed by atoms with E-state index in [0.29, 0.717) is 26.4 Å². The average molecular weight is 1180 g/mol. The zero-order valence-electron chi connectivity index (χ0n) is 48.4. The third-order valence-electron chi connectivity index (χ3n) is 13.7. The predicted molar refractivity (Wildman–Crippen MR) is 308 cm³/mol. The molecule has 6 unspecified atom stereocenters. The minimum Gasteiger partial charge on any atom is -0.391 e. The summed E-state index contributed by atoms with van der Waals surface area (Å²) >= 11 is 3.12. The first kappa shape index (κ1) is 65.4. The van der Waals surface area contributed by atoms with Crippen LogP contribution in [-0.2, 0) is 70.3 Å². The van der Waals surface area contributed by atoms with Crippen molar-refractivity contribution in [1.82, 2.24) is 41.0 Å². The number of thiazole rings is 2. The van der Waals surface area contributed by atoms with E-state index in [1.165, 1.54) is 9.80 Å². The molecule has 6 N–H and O–H groups in total. The van der Waals surface area contributed by atoms with Gasteiger partial charge in [0.25, 0.3) is 0 Å². The van der Waals surface area contributed by atoms with Gasteiger partial charge in [0.1, 0.15) is 37.4 Å². The second-order valence-corrected chi connectivity index (χ2v) is 24.2. The van der Waals surface area contributed by atoms with Crippen LogP contribution in [0.25, 0.3) is 20.9 Å². The van der Waals surface area contributed by atoms with Crippen LogP contribution in [0.15, 0.2) is 59.6 Å². The molecule has 2 aromatic heterocycles. The van der Waals surface area contributed by atoms with Crippen molar-refractivity contribution >= 4 is 58.1 Å². The highest BCUT2D eigenvalue weighted by Gasteiger charge is 2.46. The monoisotopic (exact) mass is 1180 g/mol. The lowest BCUT2D eigenvalue weighted by atomic mass is 9.85. The first-order chi connectivity index (χ1) is 39.1. The average Bonchev–Trinajstić information content (AvgIpc) is 4.30. The van der Waals surface area contributed by atoms with Crippen LogP contribution in [0.4, 0.5) is 0 Å². The topological polar surface area (TPSA) is 279 Å². The van der Waals surface area contributed by atoms with Gasteiger partial charge >= 0.3 is 0 Å². The highest BCUT2D eigenvalue weighted by molar-refractivity contribution is 7.13. The Morgan fingerprint density at radius 1 is 0.537 bits per heavy atom. The van der Waals surface area contributed by atoms with Crippen LogP contribution in [0.1, 0.15) is 76.9 Å². The number of amides is 6. The molecular weight excluding hydrogens is 1100 g/mol. The highest BCUT2D eigenvalue weighted by Crippen LogP contribution is 2.31. The van der Waals surface area contributed by atoms with Crippen LogP contribution in [0.2, 0.25) is 0 Å².